The number of aromatic nitrogens is 3. The van der Waals surface area contributed by atoms with E-state index in [-0.39, 0.29) is 11.7 Å². The molecule has 1 amide bonds. The molecule has 0 spiro atoms. The summed E-state index contributed by atoms with van der Waals surface area (Å²) in [7, 11) is 0. The number of halogens is 2. The molecule has 0 aliphatic rings. The average molecular weight is 465 g/mol. The molecule has 3 rings (SSSR count). The summed E-state index contributed by atoms with van der Waals surface area (Å²) in [6.45, 7) is 7.09. The molecular weight excluding hydrogens is 443 g/mol. The lowest BCUT2D eigenvalue weighted by Crippen LogP contribution is -2.15. The number of benzene rings is 2. The van der Waals surface area contributed by atoms with Gasteiger partial charge in [0.25, 0.3) is 0 Å². The molecule has 158 valence electrons. The van der Waals surface area contributed by atoms with E-state index in [0.717, 1.165) is 5.75 Å². The summed E-state index contributed by atoms with van der Waals surface area (Å²) in [6, 6.07) is 10.9. The van der Waals surface area contributed by atoms with Crippen LogP contribution in [0.2, 0.25) is 10.0 Å². The standard InChI is InChI=1S/C21H22Cl2N4O2S/c1-4-27-19(11-29-16-7-5-13(2)14(3)9-16)25-26-21(27)30-12-20(28)24-18-8-6-15(22)10-17(18)23/h5-10H,4,11-12H2,1-3H3,(H,24,28). The van der Waals surface area contributed by atoms with E-state index < -0.39 is 0 Å². The minimum absolute atomic E-state index is 0.176. The van der Waals surface area contributed by atoms with Crippen molar-refractivity contribution in [3.8, 4) is 5.75 Å². The normalized spacial score (nSPS) is 10.8. The van der Waals surface area contributed by atoms with Crippen molar-refractivity contribution in [2.75, 3.05) is 11.1 Å². The summed E-state index contributed by atoms with van der Waals surface area (Å²) < 4.78 is 7.81. The van der Waals surface area contributed by atoms with Crippen LogP contribution in [0.1, 0.15) is 23.9 Å². The minimum Gasteiger partial charge on any atom is -0.486 e. The minimum atomic E-state index is -0.192. The van der Waals surface area contributed by atoms with Crippen LogP contribution in [0, 0.1) is 13.8 Å². The fourth-order valence-corrected chi connectivity index (χ4v) is 3.99. The number of amides is 1. The van der Waals surface area contributed by atoms with Gasteiger partial charge in [-0.2, -0.15) is 0 Å². The molecular formula is C21H22Cl2N4O2S. The number of hydrogen-bond donors (Lipinski definition) is 1. The van der Waals surface area contributed by atoms with Crippen LogP contribution in [-0.4, -0.2) is 26.4 Å². The highest BCUT2D eigenvalue weighted by atomic mass is 35.5. The Morgan fingerprint density at radius 2 is 1.93 bits per heavy atom. The van der Waals surface area contributed by atoms with E-state index in [9.17, 15) is 4.79 Å². The van der Waals surface area contributed by atoms with E-state index in [1.54, 1.807) is 18.2 Å². The van der Waals surface area contributed by atoms with Crippen LogP contribution in [-0.2, 0) is 17.9 Å². The van der Waals surface area contributed by atoms with E-state index >= 15 is 0 Å². The summed E-state index contributed by atoms with van der Waals surface area (Å²) in [4.78, 5) is 12.3. The summed E-state index contributed by atoms with van der Waals surface area (Å²) in [5.74, 6) is 1.48. The molecule has 2 aromatic carbocycles. The smallest absolute Gasteiger partial charge is 0.234 e. The lowest BCUT2D eigenvalue weighted by molar-refractivity contribution is -0.113. The van der Waals surface area contributed by atoms with Crippen molar-refractivity contribution in [2.45, 2.75) is 39.1 Å². The molecule has 0 saturated carbocycles. The third-order valence-corrected chi connectivity index (χ3v) is 6.01. The predicted octanol–water partition coefficient (Wildman–Crippen LogP) is 5.53. The van der Waals surface area contributed by atoms with E-state index in [2.05, 4.69) is 22.4 Å². The number of thioether (sulfide) groups is 1. The summed E-state index contributed by atoms with van der Waals surface area (Å²) in [6.07, 6.45) is 0. The molecule has 30 heavy (non-hydrogen) atoms. The summed E-state index contributed by atoms with van der Waals surface area (Å²) >= 11 is 13.3. The highest BCUT2D eigenvalue weighted by molar-refractivity contribution is 7.99. The first kappa shape index (κ1) is 22.5. The number of rotatable bonds is 8. The maximum atomic E-state index is 12.3. The lowest BCUT2D eigenvalue weighted by Gasteiger charge is -2.10. The van der Waals surface area contributed by atoms with Crippen molar-refractivity contribution in [1.82, 2.24) is 14.8 Å². The largest absolute Gasteiger partial charge is 0.486 e. The Bertz CT molecular complexity index is 1060. The van der Waals surface area contributed by atoms with Gasteiger partial charge in [0.2, 0.25) is 5.91 Å². The number of nitrogens with zero attached hydrogens (tertiary/aromatic N) is 3. The second-order valence-electron chi connectivity index (χ2n) is 6.64. The monoisotopic (exact) mass is 464 g/mol. The van der Waals surface area contributed by atoms with Gasteiger partial charge in [-0.3, -0.25) is 4.79 Å². The Hall–Kier alpha value is -2.22. The van der Waals surface area contributed by atoms with Crippen molar-refractivity contribution in [3.63, 3.8) is 0 Å². The molecule has 0 atom stereocenters. The molecule has 1 N–H and O–H groups in total. The first-order valence-electron chi connectivity index (χ1n) is 9.37. The second-order valence-corrected chi connectivity index (χ2v) is 8.42. The number of ether oxygens (including phenoxy) is 1. The molecule has 0 saturated heterocycles. The molecule has 1 aromatic heterocycles. The van der Waals surface area contributed by atoms with Gasteiger partial charge in [0.1, 0.15) is 12.4 Å². The van der Waals surface area contributed by atoms with E-state index in [4.69, 9.17) is 27.9 Å². The van der Waals surface area contributed by atoms with Crippen LogP contribution in [0.4, 0.5) is 5.69 Å². The SMILES string of the molecule is CCn1c(COc2ccc(C)c(C)c2)nnc1SCC(=O)Nc1ccc(Cl)cc1Cl. The number of carbonyl (C=O) groups excluding carboxylic acids is 1. The molecule has 1 heterocycles. The highest BCUT2D eigenvalue weighted by Crippen LogP contribution is 2.26. The average Bonchev–Trinajstić information content (AvgIpc) is 3.11. The maximum absolute atomic E-state index is 12.3. The second kappa shape index (κ2) is 10.2. The van der Waals surface area contributed by atoms with Crippen LogP contribution in [0.5, 0.6) is 5.75 Å². The van der Waals surface area contributed by atoms with Gasteiger partial charge in [0, 0.05) is 11.6 Å². The Morgan fingerprint density at radius 1 is 1.13 bits per heavy atom. The topological polar surface area (TPSA) is 69.0 Å². The van der Waals surface area contributed by atoms with Gasteiger partial charge in [0.15, 0.2) is 11.0 Å². The Balaban J connectivity index is 1.59. The van der Waals surface area contributed by atoms with Crippen molar-refractivity contribution in [2.24, 2.45) is 0 Å². The molecule has 0 aliphatic carbocycles. The van der Waals surface area contributed by atoms with Crippen LogP contribution < -0.4 is 10.1 Å². The number of carbonyl (C=O) groups is 1. The van der Waals surface area contributed by atoms with Crippen LogP contribution in [0.15, 0.2) is 41.6 Å². The maximum Gasteiger partial charge on any atom is 0.234 e. The first-order valence-corrected chi connectivity index (χ1v) is 11.1. The highest BCUT2D eigenvalue weighted by Gasteiger charge is 2.14. The Morgan fingerprint density at radius 3 is 2.63 bits per heavy atom. The summed E-state index contributed by atoms with van der Waals surface area (Å²) in [5.41, 5.74) is 2.91. The predicted molar refractivity (Wildman–Crippen MR) is 122 cm³/mol. The van der Waals surface area contributed by atoms with Gasteiger partial charge in [-0.1, -0.05) is 41.0 Å². The van der Waals surface area contributed by atoms with E-state index in [1.807, 2.05) is 36.6 Å². The van der Waals surface area contributed by atoms with Gasteiger partial charge < -0.3 is 14.6 Å². The fourth-order valence-electron chi connectivity index (χ4n) is 2.71. The van der Waals surface area contributed by atoms with Crippen LogP contribution in [0.3, 0.4) is 0 Å². The first-order chi connectivity index (χ1) is 14.4. The number of aryl methyl sites for hydroxylation is 2. The lowest BCUT2D eigenvalue weighted by atomic mass is 10.1. The van der Waals surface area contributed by atoms with Crippen LogP contribution >= 0.6 is 35.0 Å². The van der Waals surface area contributed by atoms with Gasteiger partial charge in [0.05, 0.1) is 16.5 Å². The zero-order chi connectivity index (χ0) is 21.7. The van der Waals surface area contributed by atoms with Gasteiger partial charge in [-0.25, -0.2) is 0 Å². The molecule has 0 bridgehead atoms. The molecule has 6 nitrogen and oxygen atoms in total. The molecule has 9 heteroatoms. The van der Waals surface area contributed by atoms with E-state index in [0.29, 0.717) is 39.9 Å². The number of hydrogen-bond acceptors (Lipinski definition) is 5. The number of anilines is 1. The van der Waals surface area contributed by atoms with Crippen molar-refractivity contribution in [1.29, 1.82) is 0 Å². The number of nitrogens with one attached hydrogen (secondary N) is 1. The Kier molecular flexibility index (Phi) is 7.64. The zero-order valence-corrected chi connectivity index (χ0v) is 19.2. The molecule has 0 radical (unpaired) electrons. The van der Waals surface area contributed by atoms with E-state index in [1.165, 1.54) is 22.9 Å². The molecule has 0 fully saturated rings. The fraction of sp³-hybridized carbons (Fsp3) is 0.286. The summed E-state index contributed by atoms with van der Waals surface area (Å²) in [5, 5.41) is 12.8. The Labute approximate surface area is 189 Å². The van der Waals surface area contributed by atoms with Gasteiger partial charge in [-0.15, -0.1) is 10.2 Å². The zero-order valence-electron chi connectivity index (χ0n) is 16.9. The van der Waals surface area contributed by atoms with Crippen LogP contribution in [0.25, 0.3) is 0 Å². The van der Waals surface area contributed by atoms with Crippen molar-refractivity contribution < 1.29 is 9.53 Å². The van der Waals surface area contributed by atoms with Crippen molar-refractivity contribution in [3.05, 3.63) is 63.4 Å². The van der Waals surface area contributed by atoms with Crippen molar-refractivity contribution >= 4 is 46.6 Å². The molecule has 3 aromatic rings. The molecule has 0 aliphatic heterocycles. The third kappa shape index (κ3) is 5.68. The third-order valence-electron chi connectivity index (χ3n) is 4.49. The van der Waals surface area contributed by atoms with Gasteiger partial charge in [-0.05, 0) is 62.2 Å². The molecule has 0 unspecified atom stereocenters. The van der Waals surface area contributed by atoms with Gasteiger partial charge >= 0.3 is 0 Å². The quantitative estimate of drug-likeness (QED) is 0.443.